The molecule has 2 rings (SSSR count). The third-order valence-corrected chi connectivity index (χ3v) is 3.77. The lowest BCUT2D eigenvalue weighted by atomic mass is 10.3. The standard InChI is InChI=1S/C12H11FN2O2S2/c1-2-17-11(16)9-10(14)15(12(18)19-9)8-6-4-3-5-7(8)13/h3-6H,2,14H2,1H3. The SMILES string of the molecule is CCOC(=O)c1sc(=S)n(-c2ccccc2F)c1N. The summed E-state index contributed by atoms with van der Waals surface area (Å²) in [5.41, 5.74) is 6.09. The molecular formula is C12H11FN2O2S2. The van der Waals surface area contributed by atoms with Crippen LogP contribution < -0.4 is 5.73 Å². The third-order valence-electron chi connectivity index (χ3n) is 2.40. The quantitative estimate of drug-likeness (QED) is 0.698. The Morgan fingerprint density at radius 1 is 1.53 bits per heavy atom. The van der Waals surface area contributed by atoms with E-state index < -0.39 is 11.8 Å². The fourth-order valence-corrected chi connectivity index (χ4v) is 2.84. The molecule has 100 valence electrons. The minimum absolute atomic E-state index is 0.0959. The van der Waals surface area contributed by atoms with E-state index in [9.17, 15) is 9.18 Å². The van der Waals surface area contributed by atoms with Crippen molar-refractivity contribution in [3.05, 3.63) is 38.9 Å². The van der Waals surface area contributed by atoms with Gasteiger partial charge in [0.1, 0.15) is 11.6 Å². The lowest BCUT2D eigenvalue weighted by Gasteiger charge is -2.07. The van der Waals surface area contributed by atoms with E-state index >= 15 is 0 Å². The van der Waals surface area contributed by atoms with Crippen LogP contribution in [0.5, 0.6) is 0 Å². The lowest BCUT2D eigenvalue weighted by Crippen LogP contribution is -2.09. The highest BCUT2D eigenvalue weighted by Gasteiger charge is 2.20. The monoisotopic (exact) mass is 298 g/mol. The Labute approximate surface area is 118 Å². The summed E-state index contributed by atoms with van der Waals surface area (Å²) in [6.45, 7) is 1.93. The molecule has 1 heterocycles. The van der Waals surface area contributed by atoms with Gasteiger partial charge in [0.2, 0.25) is 0 Å². The molecule has 0 amide bonds. The summed E-state index contributed by atoms with van der Waals surface area (Å²) < 4.78 is 20.3. The summed E-state index contributed by atoms with van der Waals surface area (Å²) in [6, 6.07) is 6.08. The van der Waals surface area contributed by atoms with Crippen LogP contribution in [0.15, 0.2) is 24.3 Å². The first kappa shape index (κ1) is 13.7. The maximum Gasteiger partial charge on any atom is 0.352 e. The van der Waals surface area contributed by atoms with Gasteiger partial charge in [0.05, 0.1) is 12.3 Å². The largest absolute Gasteiger partial charge is 0.462 e. The highest BCUT2D eigenvalue weighted by atomic mass is 32.1. The molecule has 19 heavy (non-hydrogen) atoms. The highest BCUT2D eigenvalue weighted by Crippen LogP contribution is 2.27. The molecule has 0 fully saturated rings. The van der Waals surface area contributed by atoms with Crippen LogP contribution in [0, 0.1) is 9.77 Å². The molecule has 0 aliphatic carbocycles. The Kier molecular flexibility index (Phi) is 3.96. The molecule has 2 aromatic rings. The molecule has 0 bridgehead atoms. The minimum atomic E-state index is -0.550. The number of ether oxygens (including phenoxy) is 1. The molecule has 0 saturated heterocycles. The predicted molar refractivity (Wildman–Crippen MR) is 74.8 cm³/mol. The van der Waals surface area contributed by atoms with Gasteiger partial charge in [-0.1, -0.05) is 23.5 Å². The highest BCUT2D eigenvalue weighted by molar-refractivity contribution is 7.73. The summed E-state index contributed by atoms with van der Waals surface area (Å²) in [5, 5.41) is 0. The Bertz CT molecular complexity index is 679. The number of hydrogen-bond acceptors (Lipinski definition) is 5. The zero-order valence-electron chi connectivity index (χ0n) is 10.1. The average molecular weight is 298 g/mol. The molecule has 0 aliphatic rings. The van der Waals surface area contributed by atoms with Gasteiger partial charge in [-0.15, -0.1) is 0 Å². The fourth-order valence-electron chi connectivity index (χ4n) is 1.59. The van der Waals surface area contributed by atoms with Crippen LogP contribution in [0.4, 0.5) is 10.2 Å². The third kappa shape index (κ3) is 2.52. The molecule has 1 aromatic heterocycles. The summed E-state index contributed by atoms with van der Waals surface area (Å²) in [7, 11) is 0. The van der Waals surface area contributed by atoms with Crippen molar-refractivity contribution in [3.63, 3.8) is 0 Å². The lowest BCUT2D eigenvalue weighted by molar-refractivity contribution is 0.0533. The van der Waals surface area contributed by atoms with Crippen molar-refractivity contribution in [2.45, 2.75) is 6.92 Å². The molecule has 1 aromatic carbocycles. The first-order valence-electron chi connectivity index (χ1n) is 5.49. The van der Waals surface area contributed by atoms with E-state index in [-0.39, 0.29) is 23.0 Å². The normalized spacial score (nSPS) is 10.4. The van der Waals surface area contributed by atoms with Gasteiger partial charge in [-0.25, -0.2) is 9.18 Å². The van der Waals surface area contributed by atoms with Crippen molar-refractivity contribution >= 4 is 35.3 Å². The van der Waals surface area contributed by atoms with Gasteiger partial charge >= 0.3 is 5.97 Å². The van der Waals surface area contributed by atoms with E-state index in [1.165, 1.54) is 10.6 Å². The number of anilines is 1. The topological polar surface area (TPSA) is 57.2 Å². The van der Waals surface area contributed by atoms with Gasteiger partial charge in [0, 0.05) is 0 Å². The van der Waals surface area contributed by atoms with Crippen LogP contribution in [0.2, 0.25) is 0 Å². The van der Waals surface area contributed by atoms with Crippen LogP contribution >= 0.6 is 23.6 Å². The number of carbonyl (C=O) groups excluding carboxylic acids is 1. The number of nitrogen functional groups attached to an aromatic ring is 1. The Morgan fingerprint density at radius 2 is 2.21 bits per heavy atom. The molecule has 0 radical (unpaired) electrons. The van der Waals surface area contributed by atoms with Crippen molar-refractivity contribution in [1.82, 2.24) is 4.57 Å². The Balaban J connectivity index is 2.58. The fraction of sp³-hybridized carbons (Fsp3) is 0.167. The van der Waals surface area contributed by atoms with Crippen molar-refractivity contribution < 1.29 is 13.9 Å². The van der Waals surface area contributed by atoms with Crippen LogP contribution in [0.1, 0.15) is 16.6 Å². The van der Waals surface area contributed by atoms with E-state index in [0.29, 0.717) is 3.95 Å². The summed E-state index contributed by atoms with van der Waals surface area (Å²) >= 11 is 6.14. The maximum atomic E-state index is 13.8. The molecular weight excluding hydrogens is 287 g/mol. The van der Waals surface area contributed by atoms with Crippen LogP contribution in [0.3, 0.4) is 0 Å². The number of nitrogens with zero attached hydrogens (tertiary/aromatic N) is 1. The molecule has 0 atom stereocenters. The molecule has 0 spiro atoms. The second kappa shape index (κ2) is 5.50. The number of halogens is 1. The maximum absolute atomic E-state index is 13.8. The van der Waals surface area contributed by atoms with E-state index in [1.54, 1.807) is 25.1 Å². The number of carbonyl (C=O) groups is 1. The zero-order valence-corrected chi connectivity index (χ0v) is 11.7. The van der Waals surface area contributed by atoms with Gasteiger partial charge in [0.15, 0.2) is 8.83 Å². The molecule has 4 nitrogen and oxygen atoms in total. The van der Waals surface area contributed by atoms with E-state index in [2.05, 4.69) is 0 Å². The molecule has 0 aliphatic heterocycles. The summed E-state index contributed by atoms with van der Waals surface area (Å²) in [6.07, 6.45) is 0. The summed E-state index contributed by atoms with van der Waals surface area (Å²) in [5.74, 6) is -0.914. The van der Waals surface area contributed by atoms with Crippen LogP contribution in [-0.2, 0) is 4.74 Å². The van der Waals surface area contributed by atoms with Crippen molar-refractivity contribution in [3.8, 4) is 5.69 Å². The van der Waals surface area contributed by atoms with Gasteiger partial charge in [0.25, 0.3) is 0 Å². The first-order valence-corrected chi connectivity index (χ1v) is 6.72. The van der Waals surface area contributed by atoms with Crippen LogP contribution in [0.25, 0.3) is 5.69 Å². The van der Waals surface area contributed by atoms with Gasteiger partial charge in [-0.05, 0) is 31.3 Å². The number of esters is 1. The second-order valence-electron chi connectivity index (χ2n) is 3.59. The Hall–Kier alpha value is -1.73. The molecule has 7 heteroatoms. The van der Waals surface area contributed by atoms with Gasteiger partial charge in [-0.2, -0.15) is 0 Å². The number of benzene rings is 1. The predicted octanol–water partition coefficient (Wildman–Crippen LogP) is 3.17. The van der Waals surface area contributed by atoms with Gasteiger partial charge in [-0.3, -0.25) is 4.57 Å². The molecule has 0 saturated carbocycles. The first-order chi connectivity index (χ1) is 9.06. The zero-order chi connectivity index (χ0) is 14.0. The smallest absolute Gasteiger partial charge is 0.352 e. The Morgan fingerprint density at radius 3 is 2.84 bits per heavy atom. The second-order valence-corrected chi connectivity index (χ2v) is 5.23. The van der Waals surface area contributed by atoms with Crippen LogP contribution in [-0.4, -0.2) is 17.1 Å². The number of nitrogens with two attached hydrogens (primary N) is 1. The van der Waals surface area contributed by atoms with Gasteiger partial charge < -0.3 is 10.5 Å². The number of aromatic nitrogens is 1. The number of para-hydroxylation sites is 1. The van der Waals surface area contributed by atoms with Crippen molar-refractivity contribution in [1.29, 1.82) is 0 Å². The van der Waals surface area contributed by atoms with E-state index in [1.807, 2.05) is 0 Å². The molecule has 0 unspecified atom stereocenters. The number of rotatable bonds is 3. The minimum Gasteiger partial charge on any atom is -0.462 e. The number of hydrogen-bond donors (Lipinski definition) is 1. The molecule has 2 N–H and O–H groups in total. The van der Waals surface area contributed by atoms with E-state index in [0.717, 1.165) is 11.3 Å². The summed E-state index contributed by atoms with van der Waals surface area (Å²) in [4.78, 5) is 11.9. The average Bonchev–Trinajstić information content (AvgIpc) is 2.66. The van der Waals surface area contributed by atoms with E-state index in [4.69, 9.17) is 22.7 Å². The number of thiazole rings is 1. The van der Waals surface area contributed by atoms with Crippen molar-refractivity contribution in [2.24, 2.45) is 0 Å². The van der Waals surface area contributed by atoms with Crippen molar-refractivity contribution in [2.75, 3.05) is 12.3 Å².